The maximum absolute atomic E-state index is 11.8. The van der Waals surface area contributed by atoms with Gasteiger partial charge in [0.15, 0.2) is 0 Å². The quantitative estimate of drug-likeness (QED) is 0.899. The van der Waals surface area contributed by atoms with Gasteiger partial charge in [0, 0.05) is 7.05 Å². The van der Waals surface area contributed by atoms with Crippen molar-refractivity contribution >= 4 is 18.4 Å². The Morgan fingerprint density at radius 1 is 1.28 bits per heavy atom. The lowest BCUT2D eigenvalue weighted by atomic mass is 10.1. The Bertz CT molecular complexity index is 609. The number of aromatic nitrogens is 3. The number of benzene rings is 1. The zero-order valence-electron chi connectivity index (χ0n) is 10.5. The van der Waals surface area contributed by atoms with E-state index in [1.165, 1.54) is 10.9 Å². The van der Waals surface area contributed by atoms with E-state index < -0.39 is 0 Å². The van der Waals surface area contributed by atoms with E-state index in [9.17, 15) is 4.79 Å². The SMILES string of the molecule is CNc1ncn(-c2ccc(C)cc2C)c(=O)n1.Cl. The summed E-state index contributed by atoms with van der Waals surface area (Å²) < 4.78 is 1.44. The number of aryl methyl sites for hydroxylation is 2. The molecule has 0 radical (unpaired) electrons. The fourth-order valence-electron chi connectivity index (χ4n) is 1.70. The number of anilines is 1. The summed E-state index contributed by atoms with van der Waals surface area (Å²) in [6.45, 7) is 3.97. The van der Waals surface area contributed by atoms with Gasteiger partial charge in [0.05, 0.1) is 5.69 Å². The van der Waals surface area contributed by atoms with Crippen molar-refractivity contribution in [1.82, 2.24) is 14.5 Å². The lowest BCUT2D eigenvalue weighted by Gasteiger charge is -2.09. The first-order valence-electron chi connectivity index (χ1n) is 5.33. The molecule has 0 saturated heterocycles. The monoisotopic (exact) mass is 266 g/mol. The van der Waals surface area contributed by atoms with Gasteiger partial charge in [0.2, 0.25) is 5.95 Å². The first-order valence-corrected chi connectivity index (χ1v) is 5.33. The van der Waals surface area contributed by atoms with Gasteiger partial charge in [-0.3, -0.25) is 4.57 Å². The Hall–Kier alpha value is -1.88. The van der Waals surface area contributed by atoms with Crippen molar-refractivity contribution < 1.29 is 0 Å². The minimum absolute atomic E-state index is 0. The van der Waals surface area contributed by atoms with Gasteiger partial charge < -0.3 is 5.32 Å². The van der Waals surface area contributed by atoms with Crippen molar-refractivity contribution in [2.75, 3.05) is 12.4 Å². The van der Waals surface area contributed by atoms with Crippen LogP contribution in [0.3, 0.4) is 0 Å². The van der Waals surface area contributed by atoms with Crippen LogP contribution in [-0.4, -0.2) is 21.6 Å². The maximum Gasteiger partial charge on any atom is 0.356 e. The Balaban J connectivity index is 0.00000162. The van der Waals surface area contributed by atoms with Gasteiger partial charge in [-0.2, -0.15) is 4.98 Å². The Kier molecular flexibility index (Phi) is 4.44. The highest BCUT2D eigenvalue weighted by Gasteiger charge is 2.05. The van der Waals surface area contributed by atoms with Crippen molar-refractivity contribution in [2.24, 2.45) is 0 Å². The van der Waals surface area contributed by atoms with E-state index in [0.717, 1.165) is 16.8 Å². The highest BCUT2D eigenvalue weighted by Crippen LogP contribution is 2.13. The molecule has 18 heavy (non-hydrogen) atoms. The Labute approximate surface area is 111 Å². The molecule has 0 aliphatic heterocycles. The molecule has 1 aromatic carbocycles. The zero-order chi connectivity index (χ0) is 12.4. The highest BCUT2D eigenvalue weighted by atomic mass is 35.5. The average molecular weight is 267 g/mol. The average Bonchev–Trinajstić information content (AvgIpc) is 2.30. The highest BCUT2D eigenvalue weighted by molar-refractivity contribution is 5.85. The van der Waals surface area contributed by atoms with E-state index in [1.807, 2.05) is 32.0 Å². The largest absolute Gasteiger partial charge is 0.357 e. The van der Waals surface area contributed by atoms with E-state index in [0.29, 0.717) is 5.95 Å². The van der Waals surface area contributed by atoms with Crippen LogP contribution in [0.4, 0.5) is 5.95 Å². The van der Waals surface area contributed by atoms with Gasteiger partial charge >= 0.3 is 5.69 Å². The number of rotatable bonds is 2. The third kappa shape index (κ3) is 2.68. The van der Waals surface area contributed by atoms with Gasteiger partial charge in [0.1, 0.15) is 6.33 Å². The molecule has 1 aromatic heterocycles. The Morgan fingerprint density at radius 3 is 2.56 bits per heavy atom. The molecule has 2 aromatic rings. The van der Waals surface area contributed by atoms with Crippen LogP contribution in [0.15, 0.2) is 29.3 Å². The van der Waals surface area contributed by atoms with E-state index in [2.05, 4.69) is 15.3 Å². The molecule has 0 atom stereocenters. The summed E-state index contributed by atoms with van der Waals surface area (Å²) in [7, 11) is 1.68. The first kappa shape index (κ1) is 14.2. The predicted molar refractivity (Wildman–Crippen MR) is 73.9 cm³/mol. The molecule has 0 spiro atoms. The van der Waals surface area contributed by atoms with Crippen molar-refractivity contribution in [3.05, 3.63) is 46.1 Å². The van der Waals surface area contributed by atoms with Crippen LogP contribution >= 0.6 is 12.4 Å². The lowest BCUT2D eigenvalue weighted by Crippen LogP contribution is -2.23. The van der Waals surface area contributed by atoms with E-state index in [-0.39, 0.29) is 18.1 Å². The van der Waals surface area contributed by atoms with Gasteiger partial charge in [-0.15, -0.1) is 12.4 Å². The van der Waals surface area contributed by atoms with E-state index >= 15 is 0 Å². The summed E-state index contributed by atoms with van der Waals surface area (Å²) in [6, 6.07) is 5.88. The summed E-state index contributed by atoms with van der Waals surface area (Å²) in [4.78, 5) is 19.7. The standard InChI is InChI=1S/C12H14N4O.ClH/c1-8-4-5-10(9(2)6-8)16-7-14-11(13-3)15-12(16)17;/h4-7H,1-3H3,(H,13,15,17);1H. The van der Waals surface area contributed by atoms with Crippen LogP contribution in [0.25, 0.3) is 5.69 Å². The first-order chi connectivity index (χ1) is 8.11. The molecule has 0 unspecified atom stereocenters. The van der Waals surface area contributed by atoms with Gasteiger partial charge in [-0.25, -0.2) is 9.78 Å². The molecule has 0 saturated carbocycles. The lowest BCUT2D eigenvalue weighted by molar-refractivity contribution is 0.856. The second-order valence-corrected chi connectivity index (χ2v) is 3.87. The molecule has 1 N–H and O–H groups in total. The van der Waals surface area contributed by atoms with Crippen LogP contribution in [-0.2, 0) is 0 Å². The van der Waals surface area contributed by atoms with Crippen LogP contribution < -0.4 is 11.0 Å². The number of hydrogen-bond acceptors (Lipinski definition) is 4. The number of nitrogens with one attached hydrogen (secondary N) is 1. The van der Waals surface area contributed by atoms with Gasteiger partial charge in [-0.1, -0.05) is 17.7 Å². The molecule has 0 fully saturated rings. The number of hydrogen-bond donors (Lipinski definition) is 1. The third-order valence-electron chi connectivity index (χ3n) is 2.54. The fraction of sp³-hybridized carbons (Fsp3) is 0.250. The summed E-state index contributed by atoms with van der Waals surface area (Å²) in [5, 5.41) is 2.73. The van der Waals surface area contributed by atoms with Gasteiger partial charge in [0.25, 0.3) is 0 Å². The van der Waals surface area contributed by atoms with Crippen LogP contribution in [0.5, 0.6) is 0 Å². The van der Waals surface area contributed by atoms with Crippen LogP contribution in [0.1, 0.15) is 11.1 Å². The van der Waals surface area contributed by atoms with Crippen LogP contribution in [0.2, 0.25) is 0 Å². The molecule has 0 aliphatic rings. The maximum atomic E-state index is 11.8. The molecule has 0 bridgehead atoms. The minimum Gasteiger partial charge on any atom is -0.357 e. The number of halogens is 1. The summed E-state index contributed by atoms with van der Waals surface area (Å²) in [5.41, 5.74) is 2.65. The molecule has 96 valence electrons. The Morgan fingerprint density at radius 2 is 2.00 bits per heavy atom. The molecule has 0 amide bonds. The minimum atomic E-state index is -0.337. The molecular weight excluding hydrogens is 252 g/mol. The third-order valence-corrected chi connectivity index (χ3v) is 2.54. The van der Waals surface area contributed by atoms with E-state index in [1.54, 1.807) is 7.05 Å². The topological polar surface area (TPSA) is 59.8 Å². The number of nitrogens with zero attached hydrogens (tertiary/aromatic N) is 3. The molecule has 0 aliphatic carbocycles. The smallest absolute Gasteiger partial charge is 0.356 e. The zero-order valence-corrected chi connectivity index (χ0v) is 11.3. The van der Waals surface area contributed by atoms with Crippen molar-refractivity contribution in [3.63, 3.8) is 0 Å². The van der Waals surface area contributed by atoms with E-state index in [4.69, 9.17) is 0 Å². The summed E-state index contributed by atoms with van der Waals surface area (Å²) in [5.74, 6) is 0.330. The molecule has 1 heterocycles. The second kappa shape index (κ2) is 5.64. The van der Waals surface area contributed by atoms with Crippen molar-refractivity contribution in [3.8, 4) is 5.69 Å². The van der Waals surface area contributed by atoms with Crippen molar-refractivity contribution in [2.45, 2.75) is 13.8 Å². The molecule has 6 heteroatoms. The van der Waals surface area contributed by atoms with Crippen molar-refractivity contribution in [1.29, 1.82) is 0 Å². The predicted octanol–water partition coefficient (Wildman–Crippen LogP) is 1.71. The normalized spacial score (nSPS) is 9.72. The van der Waals surface area contributed by atoms with Gasteiger partial charge in [-0.05, 0) is 25.5 Å². The molecular formula is C12H15ClN4O. The second-order valence-electron chi connectivity index (χ2n) is 3.87. The fourth-order valence-corrected chi connectivity index (χ4v) is 1.70. The summed E-state index contributed by atoms with van der Waals surface area (Å²) in [6.07, 6.45) is 1.48. The molecule has 5 nitrogen and oxygen atoms in total. The van der Waals surface area contributed by atoms with Crippen LogP contribution in [0, 0.1) is 13.8 Å². The summed E-state index contributed by atoms with van der Waals surface area (Å²) >= 11 is 0. The molecule has 2 rings (SSSR count).